The van der Waals surface area contributed by atoms with Gasteiger partial charge in [0.15, 0.2) is 6.04 Å². The number of carboxylic acids is 1. The molecule has 0 aliphatic heterocycles. The fourth-order valence-electron chi connectivity index (χ4n) is 0.891. The van der Waals surface area contributed by atoms with Crippen molar-refractivity contribution in [2.24, 2.45) is 7.05 Å². The highest BCUT2D eigenvalue weighted by atomic mass is 16.4. The molecule has 9 heteroatoms. The van der Waals surface area contributed by atoms with E-state index in [1.54, 1.807) is 7.05 Å². The van der Waals surface area contributed by atoms with Crippen LogP contribution in [-0.2, 0) is 11.8 Å². The van der Waals surface area contributed by atoms with E-state index in [1.807, 2.05) is 0 Å². The second-order valence-corrected chi connectivity index (χ2v) is 2.88. The molecule has 0 saturated carbocycles. The van der Waals surface area contributed by atoms with Crippen LogP contribution in [0.5, 0.6) is 0 Å². The van der Waals surface area contributed by atoms with Gasteiger partial charge in [-0.3, -0.25) is 5.32 Å². The number of urea groups is 1. The van der Waals surface area contributed by atoms with Crippen LogP contribution in [0.25, 0.3) is 0 Å². The SMILES string of the molecule is Cn1ncnc1NC(=O)N[C@H](CO)C(=O)O. The van der Waals surface area contributed by atoms with Gasteiger partial charge in [-0.15, -0.1) is 0 Å². The minimum absolute atomic E-state index is 0.166. The van der Waals surface area contributed by atoms with Crippen molar-refractivity contribution in [3.63, 3.8) is 0 Å². The van der Waals surface area contributed by atoms with Crippen molar-refractivity contribution in [3.05, 3.63) is 6.33 Å². The minimum Gasteiger partial charge on any atom is -0.480 e. The molecule has 16 heavy (non-hydrogen) atoms. The highest BCUT2D eigenvalue weighted by Crippen LogP contribution is 1.97. The molecular weight excluding hydrogens is 218 g/mol. The number of hydrogen-bond acceptors (Lipinski definition) is 5. The van der Waals surface area contributed by atoms with E-state index in [2.05, 4.69) is 20.7 Å². The van der Waals surface area contributed by atoms with Gasteiger partial charge in [-0.2, -0.15) is 10.1 Å². The number of aromatic nitrogens is 3. The van der Waals surface area contributed by atoms with Crippen molar-refractivity contribution in [2.75, 3.05) is 11.9 Å². The second-order valence-electron chi connectivity index (χ2n) is 2.88. The Hall–Kier alpha value is -2.16. The monoisotopic (exact) mass is 229 g/mol. The van der Waals surface area contributed by atoms with Gasteiger partial charge in [0.2, 0.25) is 5.95 Å². The first-order valence-corrected chi connectivity index (χ1v) is 4.29. The number of aliphatic carboxylic acids is 1. The third kappa shape index (κ3) is 2.92. The van der Waals surface area contributed by atoms with Crippen molar-refractivity contribution in [3.8, 4) is 0 Å². The Labute approximate surface area is 90.1 Å². The number of hydrogen-bond donors (Lipinski definition) is 4. The molecule has 1 aromatic rings. The average Bonchev–Trinajstić information content (AvgIpc) is 2.60. The molecule has 0 aliphatic carbocycles. The van der Waals surface area contributed by atoms with Crippen molar-refractivity contribution in [1.29, 1.82) is 0 Å². The molecule has 2 amide bonds. The molecule has 1 atom stereocenters. The van der Waals surface area contributed by atoms with Crippen LogP contribution in [-0.4, -0.2) is 49.6 Å². The zero-order chi connectivity index (χ0) is 12.1. The Morgan fingerprint density at radius 2 is 2.31 bits per heavy atom. The van der Waals surface area contributed by atoms with Crippen LogP contribution >= 0.6 is 0 Å². The molecule has 4 N–H and O–H groups in total. The Bertz CT molecular complexity index is 390. The number of aryl methyl sites for hydroxylation is 1. The van der Waals surface area contributed by atoms with Gasteiger partial charge in [0, 0.05) is 7.05 Å². The maximum atomic E-state index is 11.3. The zero-order valence-electron chi connectivity index (χ0n) is 8.41. The molecular formula is C7H11N5O4. The molecule has 0 aromatic carbocycles. The van der Waals surface area contributed by atoms with Crippen LogP contribution in [0.3, 0.4) is 0 Å². The fourth-order valence-corrected chi connectivity index (χ4v) is 0.891. The number of anilines is 1. The molecule has 0 bridgehead atoms. The van der Waals surface area contributed by atoms with E-state index in [9.17, 15) is 9.59 Å². The largest absolute Gasteiger partial charge is 0.480 e. The highest BCUT2D eigenvalue weighted by Gasteiger charge is 2.19. The van der Waals surface area contributed by atoms with Gasteiger partial charge < -0.3 is 15.5 Å². The summed E-state index contributed by atoms with van der Waals surface area (Å²) >= 11 is 0. The van der Waals surface area contributed by atoms with Gasteiger partial charge in [-0.1, -0.05) is 0 Å². The topological polar surface area (TPSA) is 129 Å². The van der Waals surface area contributed by atoms with Crippen LogP contribution < -0.4 is 10.6 Å². The number of aliphatic hydroxyl groups is 1. The maximum absolute atomic E-state index is 11.3. The molecule has 0 unspecified atom stereocenters. The van der Waals surface area contributed by atoms with Gasteiger partial charge in [0.05, 0.1) is 6.61 Å². The highest BCUT2D eigenvalue weighted by molar-refractivity contribution is 5.90. The summed E-state index contributed by atoms with van der Waals surface area (Å²) in [6.45, 7) is -0.693. The molecule has 1 rings (SSSR count). The van der Waals surface area contributed by atoms with Crippen molar-refractivity contribution < 1.29 is 19.8 Å². The molecule has 0 saturated heterocycles. The maximum Gasteiger partial charge on any atom is 0.328 e. The molecule has 1 aromatic heterocycles. The van der Waals surface area contributed by atoms with E-state index in [0.29, 0.717) is 0 Å². The van der Waals surface area contributed by atoms with Crippen molar-refractivity contribution >= 4 is 17.9 Å². The fraction of sp³-hybridized carbons (Fsp3) is 0.429. The number of amides is 2. The van der Waals surface area contributed by atoms with Crippen LogP contribution in [0, 0.1) is 0 Å². The summed E-state index contributed by atoms with van der Waals surface area (Å²) in [4.78, 5) is 25.5. The molecule has 88 valence electrons. The van der Waals surface area contributed by atoms with E-state index in [1.165, 1.54) is 11.0 Å². The second kappa shape index (κ2) is 5.07. The van der Waals surface area contributed by atoms with Crippen molar-refractivity contribution in [2.45, 2.75) is 6.04 Å². The average molecular weight is 229 g/mol. The van der Waals surface area contributed by atoms with Crippen LogP contribution in [0.4, 0.5) is 10.7 Å². The smallest absolute Gasteiger partial charge is 0.328 e. The minimum atomic E-state index is -1.35. The number of nitrogens with zero attached hydrogens (tertiary/aromatic N) is 3. The molecule has 0 aliphatic rings. The van der Waals surface area contributed by atoms with Gasteiger partial charge in [-0.05, 0) is 0 Å². The first-order valence-electron chi connectivity index (χ1n) is 4.29. The summed E-state index contributed by atoms with van der Waals surface area (Å²) in [5.74, 6) is -1.16. The van der Waals surface area contributed by atoms with E-state index < -0.39 is 24.6 Å². The summed E-state index contributed by atoms with van der Waals surface area (Å²) in [6, 6.07) is -2.13. The predicted octanol–water partition coefficient (Wildman–Crippen LogP) is -1.62. The lowest BCUT2D eigenvalue weighted by Crippen LogP contribution is -2.45. The van der Waals surface area contributed by atoms with Gasteiger partial charge in [0.25, 0.3) is 0 Å². The molecule has 0 radical (unpaired) electrons. The lowest BCUT2D eigenvalue weighted by molar-refractivity contribution is -0.140. The predicted molar refractivity (Wildman–Crippen MR) is 51.7 cm³/mol. The molecule has 9 nitrogen and oxygen atoms in total. The summed E-state index contributed by atoms with van der Waals surface area (Å²) in [5.41, 5.74) is 0. The number of carboxylic acid groups (broad SMARTS) is 1. The standard InChI is InChI=1S/C7H11N5O4/c1-12-6(8-3-9-12)11-7(16)10-4(2-13)5(14)15/h3-4,13H,2H2,1H3,(H,14,15)(H2,8,9,10,11,16)/t4-/m1/s1. The van der Waals surface area contributed by atoms with Crippen LogP contribution in [0.1, 0.15) is 0 Å². The van der Waals surface area contributed by atoms with Gasteiger partial charge in [-0.25, -0.2) is 14.3 Å². The first kappa shape index (κ1) is 11.9. The lowest BCUT2D eigenvalue weighted by atomic mass is 10.3. The first-order chi connectivity index (χ1) is 7.54. The van der Waals surface area contributed by atoms with Crippen LogP contribution in [0.15, 0.2) is 6.33 Å². The molecule has 0 fully saturated rings. The summed E-state index contributed by atoms with van der Waals surface area (Å²) < 4.78 is 1.30. The number of carbonyl (C=O) groups is 2. The Kier molecular flexibility index (Phi) is 3.78. The summed E-state index contributed by atoms with van der Waals surface area (Å²) in [7, 11) is 1.56. The Morgan fingerprint density at radius 1 is 1.62 bits per heavy atom. The molecule has 1 heterocycles. The van der Waals surface area contributed by atoms with Crippen LogP contribution in [0.2, 0.25) is 0 Å². The summed E-state index contributed by atoms with van der Waals surface area (Å²) in [5, 5.41) is 25.3. The third-order valence-electron chi connectivity index (χ3n) is 1.72. The van der Waals surface area contributed by atoms with Crippen molar-refractivity contribution in [1.82, 2.24) is 20.1 Å². The third-order valence-corrected chi connectivity index (χ3v) is 1.72. The van der Waals surface area contributed by atoms with E-state index >= 15 is 0 Å². The van der Waals surface area contributed by atoms with E-state index in [4.69, 9.17) is 10.2 Å². The summed E-state index contributed by atoms with van der Waals surface area (Å²) in [6.07, 6.45) is 1.23. The number of aliphatic hydroxyl groups excluding tert-OH is 1. The molecule has 0 spiro atoms. The lowest BCUT2D eigenvalue weighted by Gasteiger charge is -2.11. The van der Waals surface area contributed by atoms with E-state index in [-0.39, 0.29) is 5.95 Å². The van der Waals surface area contributed by atoms with Gasteiger partial charge >= 0.3 is 12.0 Å². The zero-order valence-corrected chi connectivity index (χ0v) is 8.41. The quantitative estimate of drug-likeness (QED) is 0.491. The number of rotatable bonds is 4. The number of carbonyl (C=O) groups excluding carboxylic acids is 1. The van der Waals surface area contributed by atoms with Gasteiger partial charge in [0.1, 0.15) is 6.33 Å². The Morgan fingerprint density at radius 3 is 2.75 bits per heavy atom. The number of nitrogens with one attached hydrogen (secondary N) is 2. The normalized spacial score (nSPS) is 11.9. The van der Waals surface area contributed by atoms with E-state index in [0.717, 1.165) is 0 Å². The Balaban J connectivity index is 2.54.